The van der Waals surface area contributed by atoms with Crippen molar-refractivity contribution >= 4 is 145 Å². The number of ether oxygens (including phenoxy) is 2. The van der Waals surface area contributed by atoms with E-state index >= 15 is 0 Å². The predicted molar refractivity (Wildman–Crippen MR) is 300 cm³/mol. The molecule has 6 heterocycles. The van der Waals surface area contributed by atoms with Gasteiger partial charge in [0.05, 0.1) is 0 Å². The second kappa shape index (κ2) is 21.7. The summed E-state index contributed by atoms with van der Waals surface area (Å²) in [5.74, 6) is 8.45. The number of hydrogen-bond donors (Lipinski definition) is 4. The number of nitrogens with zero attached hydrogens (tertiary/aromatic N) is 8. The number of unbranched alkanes of at least 4 members (excludes halogenated alkanes) is 1. The molecule has 24 heteroatoms. The van der Waals surface area contributed by atoms with Crippen LogP contribution in [0.15, 0.2) is 149 Å². The zero-order valence-electron chi connectivity index (χ0n) is 44.9. The Morgan fingerprint density at radius 2 is 1.15 bits per heavy atom. The first-order valence-electron chi connectivity index (χ1n) is 24.2. The van der Waals surface area contributed by atoms with Crippen molar-refractivity contribution in [1.29, 1.82) is 0 Å². The molecule has 6 N–H and O–H groups in total. The normalized spacial score (nSPS) is 13.5. The first-order chi connectivity index (χ1) is 37.5. The van der Waals surface area contributed by atoms with Crippen molar-refractivity contribution in [2.75, 3.05) is 13.2 Å². The maximum Gasteiger partial charge on any atom is 1.00 e. The van der Waals surface area contributed by atoms with Crippen LogP contribution in [0, 0.1) is 11.8 Å². The van der Waals surface area contributed by atoms with Gasteiger partial charge in [-0.05, 0) is 0 Å². The smallest absolute Gasteiger partial charge is 1.00 e. The summed E-state index contributed by atoms with van der Waals surface area (Å²) in [5, 5.41) is 45.3. The molecule has 10 aromatic rings. The van der Waals surface area contributed by atoms with Crippen LogP contribution in [0.2, 0.25) is 0 Å². The molecule has 8 aromatic carbocycles. The number of aromatic nitrogens is 2. The van der Waals surface area contributed by atoms with E-state index in [4.69, 9.17) is 49.0 Å². The second-order valence-electron chi connectivity index (χ2n) is 18.5. The van der Waals surface area contributed by atoms with Crippen molar-refractivity contribution in [2.45, 2.75) is 36.5 Å². The van der Waals surface area contributed by atoms with E-state index in [9.17, 15) is 23.2 Å². The molecule has 4 aliphatic rings. The number of benzene rings is 8. The first-order valence-corrected chi connectivity index (χ1v) is 29.3. The van der Waals surface area contributed by atoms with Gasteiger partial charge < -0.3 is 8.33 Å². The molecule has 2 aromatic heterocycles. The van der Waals surface area contributed by atoms with Crippen LogP contribution in [0.25, 0.3) is 64.6 Å². The van der Waals surface area contributed by atoms with E-state index in [0.29, 0.717) is 133 Å². The van der Waals surface area contributed by atoms with Crippen LogP contribution in [0.4, 0.5) is 11.6 Å². The molecular formula is C56H40InN8Na2O11S2. The third-order valence-corrected chi connectivity index (χ3v) is 19.7. The molecule has 0 aliphatic carbocycles. The molecule has 0 saturated heterocycles. The zero-order chi connectivity index (χ0) is 52.4. The summed E-state index contributed by atoms with van der Waals surface area (Å²) in [5.41, 5.74) is 3.03. The summed E-state index contributed by atoms with van der Waals surface area (Å²) in [6.07, 6.45) is 1.58. The molecule has 0 unspecified atom stereocenters. The van der Waals surface area contributed by atoms with Crippen LogP contribution < -0.4 is 79.6 Å². The maximum absolute atomic E-state index is 12.9. The van der Waals surface area contributed by atoms with Gasteiger partial charge in [-0.1, -0.05) is 0 Å². The van der Waals surface area contributed by atoms with Gasteiger partial charge in [0.1, 0.15) is 0 Å². The minimum atomic E-state index is -4.57. The average molecular weight is 1230 g/mol. The fourth-order valence-corrected chi connectivity index (χ4v) is 15.6. The van der Waals surface area contributed by atoms with Crippen LogP contribution in [-0.4, -0.2) is 99.1 Å². The summed E-state index contributed by atoms with van der Waals surface area (Å²) in [6.45, 7) is 4.16. The Bertz CT molecular complexity index is 4850. The Morgan fingerprint density at radius 1 is 0.625 bits per heavy atom. The maximum atomic E-state index is 12.9. The number of phenolic OH excluding ortho intramolecular Hbond substituents is 2. The van der Waals surface area contributed by atoms with E-state index in [1.54, 1.807) is 19.1 Å². The van der Waals surface area contributed by atoms with Gasteiger partial charge in [-0.2, -0.15) is 0 Å². The number of aromatic hydroxyl groups is 2. The minimum Gasteiger partial charge on any atom is -1.00 e. The van der Waals surface area contributed by atoms with Gasteiger partial charge >= 0.3 is 508 Å². The molecular weight excluding hydrogens is 1190 g/mol. The van der Waals surface area contributed by atoms with Gasteiger partial charge in [0.25, 0.3) is 0 Å². The molecule has 1 radical (unpaired) electrons. The fourth-order valence-electron chi connectivity index (χ4n) is 10.6. The van der Waals surface area contributed by atoms with Crippen LogP contribution in [0.1, 0.15) is 51.8 Å². The molecule has 0 amide bonds. The van der Waals surface area contributed by atoms with Crippen molar-refractivity contribution in [3.8, 4) is 34.8 Å². The zero-order valence-corrected chi connectivity index (χ0v) is 51.9. The molecule has 14 rings (SSSR count). The molecule has 0 spiro atoms. The van der Waals surface area contributed by atoms with Gasteiger partial charge in [0.15, 0.2) is 0 Å². The Hall–Kier alpha value is -6.11. The molecule has 4 aliphatic heterocycles. The number of hydrogen-bond acceptors (Lipinski definition) is 16. The fraction of sp³-hybridized carbons (Fsp3) is 0.107. The summed E-state index contributed by atoms with van der Waals surface area (Å²) in [6, 6.07) is 32.4. The van der Waals surface area contributed by atoms with E-state index in [2.05, 4.69) is 23.8 Å². The predicted octanol–water partition coefficient (Wildman–Crippen LogP) is 3.16. The van der Waals surface area contributed by atoms with E-state index in [1.165, 1.54) is 12.1 Å². The number of amidine groups is 4. The standard InChI is InChI=1S/C56H36N8O10S2.In.2Na.H2O.2H/c1-3-5-19-71-47-35-13-9-7-11-33(35)45(65)41-43(47)55-61-51-39-25-29-21-31(75-74-73-67)17-15-27(29)23-37(39)49(57-51)59-53-42-44(48(72-20-6-4-2)36-14-10-8-12-34(36)46(42)66)56(64-53)62-52-40-26-30-22-32(76(68,69)70)18-16-28(30)24-38(40)50(58-52)60-54(41)63-55;;;;;;/h7-18,21-26H,4,6,19-20H2,1-2H3,(H4-2,57,58,59,60,61,62,63,64,65,66,67,68,69,70);;;;1H2;;/q-2;+2;2*+1;;2*-1. The monoisotopic (exact) mass is 1230 g/mol. The molecule has 0 atom stereocenters. The van der Waals surface area contributed by atoms with Crippen molar-refractivity contribution in [2.24, 2.45) is 30.0 Å². The van der Waals surface area contributed by atoms with Gasteiger partial charge in [-0.15, -0.1) is 0 Å². The number of aliphatic imine (C=N–C) groups is 4. The molecule has 6 bridgehead atoms. The number of rotatable bonds is 10. The Balaban J connectivity index is 0.00000162. The summed E-state index contributed by atoms with van der Waals surface area (Å²) < 4.78 is 57.5. The molecule has 387 valence electrons. The SMILES string of the molecule is CC#CCOc1c2ccccc2c(O)c2c3[n]4c(c12)N=C1N=C(N=c2c5c(O)c6ccccc6c(OCCCC)c5c([n]2[In]4)=NC2=NC(=N3)c3cc4ccc(S(=O)(=O)O)cc4cc32)c2cc3ccc(SOOO)cc3cc21.O.[H-].[H-].[Na+].[Na+]. The van der Waals surface area contributed by atoms with Crippen molar-refractivity contribution in [1.82, 2.24) is 5.11 Å². The van der Waals surface area contributed by atoms with Crippen molar-refractivity contribution in [3.05, 3.63) is 142 Å². The Morgan fingerprint density at radius 3 is 1.74 bits per heavy atom. The third-order valence-electron chi connectivity index (χ3n) is 14.1. The number of fused-ring (bicyclic) bond motifs is 18. The minimum absolute atomic E-state index is 0. The van der Waals surface area contributed by atoms with E-state index in [1.807, 2.05) is 90.0 Å². The Labute approximate surface area is 516 Å². The second-order valence-corrected chi connectivity index (χ2v) is 24.3. The van der Waals surface area contributed by atoms with E-state index in [-0.39, 0.29) is 102 Å². The van der Waals surface area contributed by atoms with Crippen LogP contribution in [-0.2, 0) is 19.5 Å². The summed E-state index contributed by atoms with van der Waals surface area (Å²) in [7, 11) is -4.57. The summed E-state index contributed by atoms with van der Waals surface area (Å²) >= 11 is -2.11. The van der Waals surface area contributed by atoms with Crippen molar-refractivity contribution in [3.63, 3.8) is 0 Å². The largest absolute Gasteiger partial charge is 1.00 e. The van der Waals surface area contributed by atoms with Crippen LogP contribution >= 0.6 is 12.0 Å². The molecule has 80 heavy (non-hydrogen) atoms. The van der Waals surface area contributed by atoms with Gasteiger partial charge in [-0.3, -0.25) is 0 Å². The van der Waals surface area contributed by atoms with Crippen LogP contribution in [0.5, 0.6) is 23.0 Å². The molecule has 0 fully saturated rings. The van der Waals surface area contributed by atoms with E-state index < -0.39 is 33.6 Å². The van der Waals surface area contributed by atoms with Crippen molar-refractivity contribution < 1.29 is 115 Å². The van der Waals surface area contributed by atoms with Gasteiger partial charge in [0, 0.05) is 0 Å². The third kappa shape index (κ3) is 8.86. The first kappa shape index (κ1) is 55.8. The topological polar surface area (TPSA) is 267 Å². The Kier molecular flexibility index (Phi) is 15.1. The quantitative estimate of drug-likeness (QED) is 0.0294. The molecule has 0 saturated carbocycles. The van der Waals surface area contributed by atoms with Crippen LogP contribution in [0.3, 0.4) is 0 Å². The number of phenols is 2. The average Bonchev–Trinajstić information content (AvgIpc) is 3.87. The van der Waals surface area contributed by atoms with Gasteiger partial charge in [-0.25, -0.2) is 5.26 Å². The van der Waals surface area contributed by atoms with Gasteiger partial charge in [0.2, 0.25) is 0 Å². The molecule has 19 nitrogen and oxygen atoms in total. The van der Waals surface area contributed by atoms with E-state index in [0.717, 1.165) is 35.7 Å². The summed E-state index contributed by atoms with van der Waals surface area (Å²) in [4.78, 5) is 32.8.